The second-order valence-electron chi connectivity index (χ2n) is 8.03. The summed E-state index contributed by atoms with van der Waals surface area (Å²) in [4.78, 5) is 47.0. The topological polar surface area (TPSA) is 145 Å². The fraction of sp³-hybridized carbons (Fsp3) is 0.120. The quantitative estimate of drug-likeness (QED) is 0.275. The number of carboxylic acids is 1. The van der Waals surface area contributed by atoms with Crippen molar-refractivity contribution in [3.8, 4) is 22.5 Å². The van der Waals surface area contributed by atoms with E-state index < -0.39 is 17.4 Å². The van der Waals surface area contributed by atoms with Gasteiger partial charge >= 0.3 is 11.9 Å². The van der Waals surface area contributed by atoms with E-state index in [0.717, 1.165) is 16.0 Å². The third-order valence-corrected chi connectivity index (χ3v) is 6.79. The number of oxazole rings is 1. The minimum Gasteiger partial charge on any atom is -0.481 e. The number of anilines is 1. The van der Waals surface area contributed by atoms with Crippen LogP contribution in [-0.2, 0) is 17.9 Å². The Bertz CT molecular complexity index is 1660. The highest BCUT2D eigenvalue weighted by Gasteiger charge is 2.23. The van der Waals surface area contributed by atoms with Gasteiger partial charge in [-0.05, 0) is 30.3 Å². The first-order valence-corrected chi connectivity index (χ1v) is 12.5. The Morgan fingerprint density at radius 3 is 2.68 bits per heavy atom. The number of carboxylic acid groups (broad SMARTS) is 1. The molecule has 0 aromatic carbocycles. The Kier molecular flexibility index (Phi) is 7.15. The highest BCUT2D eigenvalue weighted by molar-refractivity contribution is 7.16. The van der Waals surface area contributed by atoms with E-state index in [-0.39, 0.29) is 24.2 Å². The molecule has 0 radical (unpaired) electrons. The molecule has 2 N–H and O–H groups in total. The van der Waals surface area contributed by atoms with Crippen molar-refractivity contribution in [3.63, 3.8) is 0 Å². The zero-order chi connectivity index (χ0) is 26.6. The molecule has 0 aliphatic heterocycles. The number of hydrogen-bond acceptors (Lipinski definition) is 9. The van der Waals surface area contributed by atoms with Gasteiger partial charge in [-0.1, -0.05) is 17.7 Å². The molecule has 13 heteroatoms. The predicted octanol–water partition coefficient (Wildman–Crippen LogP) is 4.25. The minimum absolute atomic E-state index is 0.0104. The molecule has 5 aromatic rings. The lowest BCUT2D eigenvalue weighted by Gasteiger charge is -2.11. The summed E-state index contributed by atoms with van der Waals surface area (Å²) in [5, 5.41) is 16.8. The third-order valence-electron chi connectivity index (χ3n) is 5.55. The first-order chi connectivity index (χ1) is 18.4. The van der Waals surface area contributed by atoms with Crippen molar-refractivity contribution in [2.45, 2.75) is 19.5 Å². The van der Waals surface area contributed by atoms with E-state index >= 15 is 0 Å². The second-order valence-corrected chi connectivity index (χ2v) is 9.83. The van der Waals surface area contributed by atoms with Crippen LogP contribution in [0.1, 0.15) is 21.8 Å². The molecule has 0 fully saturated rings. The molecule has 0 saturated heterocycles. The molecule has 5 heterocycles. The molecule has 5 aromatic heterocycles. The molecule has 0 atom stereocenters. The number of aryl methyl sites for hydroxylation is 1. The maximum absolute atomic E-state index is 13.5. The number of carbonyl (C=O) groups is 2. The molecule has 0 aliphatic carbocycles. The normalized spacial score (nSPS) is 11.0. The van der Waals surface area contributed by atoms with Crippen LogP contribution in [0.15, 0.2) is 76.7 Å². The zero-order valence-corrected chi connectivity index (χ0v) is 21.1. The molecular weight excluding hydrogens is 532 g/mol. The van der Waals surface area contributed by atoms with Gasteiger partial charge in [-0.25, -0.2) is 4.98 Å². The Labute approximate surface area is 224 Å². The lowest BCUT2D eigenvalue weighted by Crippen LogP contribution is -2.23. The van der Waals surface area contributed by atoms with Gasteiger partial charge in [-0.3, -0.25) is 19.4 Å². The highest BCUT2D eigenvalue weighted by Crippen LogP contribution is 2.30. The highest BCUT2D eigenvalue weighted by atomic mass is 35.5. The number of aromatic nitrogens is 5. The van der Waals surface area contributed by atoms with E-state index in [9.17, 15) is 14.4 Å². The molecular formula is C25H19ClN6O5S. The maximum Gasteiger partial charge on any atom is 0.305 e. The summed E-state index contributed by atoms with van der Waals surface area (Å²) in [7, 11) is 0. The molecule has 11 nitrogen and oxygen atoms in total. The van der Waals surface area contributed by atoms with Gasteiger partial charge in [0.2, 0.25) is 0 Å². The van der Waals surface area contributed by atoms with Crippen LogP contribution in [0.2, 0.25) is 4.34 Å². The molecule has 38 heavy (non-hydrogen) atoms. The van der Waals surface area contributed by atoms with Gasteiger partial charge in [0.25, 0.3) is 5.56 Å². The van der Waals surface area contributed by atoms with Crippen LogP contribution >= 0.6 is 22.9 Å². The van der Waals surface area contributed by atoms with Gasteiger partial charge < -0.3 is 19.4 Å². The van der Waals surface area contributed by atoms with E-state index in [1.807, 2.05) is 6.07 Å². The van der Waals surface area contributed by atoms with Crippen molar-refractivity contribution in [2.75, 3.05) is 5.32 Å². The standard InChI is InChI=1S/C25H19ClN6O5S/c26-20-5-4-15(38-20)12-28-21-11-18(30-32(21)24(35)19-13-37-14-29-19)16-6-9-31(10-7-22(33)34)25(36)23(16)17-3-1-2-8-27-17/h1-6,8-9,11,13-14,28H,7,10,12H2,(H,33,34). The van der Waals surface area contributed by atoms with Crippen LogP contribution in [0.25, 0.3) is 22.5 Å². The van der Waals surface area contributed by atoms with Crippen LogP contribution in [-0.4, -0.2) is 41.3 Å². The minimum atomic E-state index is -1.02. The number of hydrogen-bond donors (Lipinski definition) is 2. The predicted molar refractivity (Wildman–Crippen MR) is 140 cm³/mol. The first kappa shape index (κ1) is 25.1. The van der Waals surface area contributed by atoms with Crippen molar-refractivity contribution in [3.05, 3.63) is 92.8 Å². The van der Waals surface area contributed by atoms with E-state index in [2.05, 4.69) is 20.4 Å². The van der Waals surface area contributed by atoms with Crippen molar-refractivity contribution in [1.29, 1.82) is 0 Å². The van der Waals surface area contributed by atoms with Crippen LogP contribution in [0.4, 0.5) is 5.82 Å². The first-order valence-electron chi connectivity index (χ1n) is 11.3. The molecule has 0 aliphatic rings. The van der Waals surface area contributed by atoms with Gasteiger partial charge in [0, 0.05) is 35.4 Å². The molecule has 5 rings (SSSR count). The average molecular weight is 551 g/mol. The van der Waals surface area contributed by atoms with Gasteiger partial charge in [0.05, 0.1) is 34.3 Å². The number of thiophene rings is 1. The van der Waals surface area contributed by atoms with Crippen LogP contribution in [0.3, 0.4) is 0 Å². The van der Waals surface area contributed by atoms with Crippen molar-refractivity contribution >= 4 is 40.6 Å². The summed E-state index contributed by atoms with van der Waals surface area (Å²) in [6.45, 7) is 0.363. The van der Waals surface area contributed by atoms with E-state index in [1.165, 1.54) is 28.4 Å². The number of rotatable bonds is 9. The van der Waals surface area contributed by atoms with Crippen LogP contribution in [0, 0.1) is 0 Å². The van der Waals surface area contributed by atoms with Crippen molar-refractivity contribution in [1.82, 2.24) is 24.3 Å². The lowest BCUT2D eigenvalue weighted by molar-refractivity contribution is -0.137. The summed E-state index contributed by atoms with van der Waals surface area (Å²) in [6, 6.07) is 12.1. The summed E-state index contributed by atoms with van der Waals surface area (Å²) in [5.74, 6) is -1.20. The van der Waals surface area contributed by atoms with Gasteiger partial charge in [-0.15, -0.1) is 11.3 Å². The van der Waals surface area contributed by atoms with Crippen molar-refractivity contribution in [2.24, 2.45) is 0 Å². The Morgan fingerprint density at radius 2 is 2.00 bits per heavy atom. The molecule has 0 bridgehead atoms. The number of pyridine rings is 2. The Hall–Kier alpha value is -4.55. The fourth-order valence-electron chi connectivity index (χ4n) is 3.78. The molecule has 0 saturated carbocycles. The fourth-order valence-corrected chi connectivity index (χ4v) is 4.81. The Morgan fingerprint density at radius 1 is 1.13 bits per heavy atom. The van der Waals surface area contributed by atoms with Gasteiger partial charge in [0.15, 0.2) is 12.1 Å². The monoisotopic (exact) mass is 550 g/mol. The third kappa shape index (κ3) is 5.26. The number of nitrogens with one attached hydrogen (secondary N) is 1. The summed E-state index contributed by atoms with van der Waals surface area (Å²) in [6.07, 6.45) is 5.21. The number of nitrogens with zero attached hydrogens (tertiary/aromatic N) is 5. The van der Waals surface area contributed by atoms with E-state index in [0.29, 0.717) is 33.7 Å². The SMILES string of the molecule is O=C(O)CCn1ccc(-c2cc(NCc3ccc(Cl)s3)n(C(=O)c3cocn3)n2)c(-c2ccccn2)c1=O. The average Bonchev–Trinajstić information content (AvgIpc) is 3.68. The van der Waals surface area contributed by atoms with E-state index in [1.54, 1.807) is 42.6 Å². The van der Waals surface area contributed by atoms with Gasteiger partial charge in [-0.2, -0.15) is 9.78 Å². The lowest BCUT2D eigenvalue weighted by atomic mass is 10.0. The number of carbonyl (C=O) groups excluding carboxylic acids is 1. The summed E-state index contributed by atoms with van der Waals surface area (Å²) in [5.41, 5.74) is 0.996. The molecule has 0 unspecified atom stereocenters. The van der Waals surface area contributed by atoms with E-state index in [4.69, 9.17) is 21.1 Å². The molecule has 0 amide bonds. The maximum atomic E-state index is 13.5. The number of aliphatic carboxylic acids is 1. The molecule has 192 valence electrons. The van der Waals surface area contributed by atoms with Crippen LogP contribution < -0.4 is 10.9 Å². The van der Waals surface area contributed by atoms with Crippen molar-refractivity contribution < 1.29 is 19.1 Å². The number of halogens is 1. The summed E-state index contributed by atoms with van der Waals surface area (Å²) < 4.78 is 8.07. The van der Waals surface area contributed by atoms with Gasteiger partial charge in [0.1, 0.15) is 12.1 Å². The summed E-state index contributed by atoms with van der Waals surface area (Å²) >= 11 is 7.45. The Balaban J connectivity index is 1.61. The zero-order valence-electron chi connectivity index (χ0n) is 19.6. The second kappa shape index (κ2) is 10.8. The molecule has 0 spiro atoms. The largest absolute Gasteiger partial charge is 0.481 e. The van der Waals surface area contributed by atoms with Crippen LogP contribution in [0.5, 0.6) is 0 Å². The smallest absolute Gasteiger partial charge is 0.305 e.